The first kappa shape index (κ1) is 29.3. The Morgan fingerprint density at radius 2 is 1.77 bits per heavy atom. The van der Waals surface area contributed by atoms with Gasteiger partial charge in [0.1, 0.15) is 41.4 Å². The van der Waals surface area contributed by atoms with Crippen LogP contribution in [0.2, 0.25) is 0 Å². The Labute approximate surface area is 245 Å². The standard InChI is InChI=1S/C32H30F4O7/c33-25-15-24(32(34,35)36)29(18-1-3-20(4-2-18)42-17-31(39)9-11-40-12-10-31)23-7-8-26(30(23)25)43-21-5-6-22-19(13-28(37)38)16-41-27(22)14-21/h1-6,14-15,19,26,39H,7-13,16-17H2,(H,37,38)/t19?,26-/m1/s1. The highest BCUT2D eigenvalue weighted by Crippen LogP contribution is 2.48. The second-order valence-electron chi connectivity index (χ2n) is 11.3. The Morgan fingerprint density at radius 1 is 1.05 bits per heavy atom. The zero-order valence-corrected chi connectivity index (χ0v) is 23.1. The monoisotopic (exact) mass is 602 g/mol. The molecule has 11 heteroatoms. The summed E-state index contributed by atoms with van der Waals surface area (Å²) < 4.78 is 80.7. The van der Waals surface area contributed by atoms with Crippen LogP contribution in [0.3, 0.4) is 0 Å². The van der Waals surface area contributed by atoms with Gasteiger partial charge in [0.2, 0.25) is 0 Å². The number of alkyl halides is 3. The van der Waals surface area contributed by atoms with E-state index in [1.165, 1.54) is 12.1 Å². The van der Waals surface area contributed by atoms with Crippen molar-refractivity contribution in [3.8, 4) is 28.4 Å². The summed E-state index contributed by atoms with van der Waals surface area (Å²) >= 11 is 0. The van der Waals surface area contributed by atoms with Crippen LogP contribution in [0.25, 0.3) is 11.1 Å². The third-order valence-electron chi connectivity index (χ3n) is 8.35. The number of halogens is 4. The van der Waals surface area contributed by atoms with E-state index in [0.717, 1.165) is 5.56 Å². The van der Waals surface area contributed by atoms with E-state index in [-0.39, 0.29) is 60.6 Å². The van der Waals surface area contributed by atoms with E-state index >= 15 is 4.39 Å². The van der Waals surface area contributed by atoms with Crippen molar-refractivity contribution >= 4 is 5.97 Å². The van der Waals surface area contributed by atoms with Crippen LogP contribution in [0.15, 0.2) is 48.5 Å². The molecule has 1 fully saturated rings. The van der Waals surface area contributed by atoms with Gasteiger partial charge >= 0.3 is 12.1 Å². The maximum atomic E-state index is 15.4. The largest absolute Gasteiger partial charge is 0.492 e. The summed E-state index contributed by atoms with van der Waals surface area (Å²) in [4.78, 5) is 11.1. The van der Waals surface area contributed by atoms with Gasteiger partial charge in [-0.2, -0.15) is 13.2 Å². The number of hydrogen-bond acceptors (Lipinski definition) is 6. The van der Waals surface area contributed by atoms with Gasteiger partial charge in [-0.3, -0.25) is 4.79 Å². The first-order valence-electron chi connectivity index (χ1n) is 14.1. The Bertz CT molecular complexity index is 1510. The van der Waals surface area contributed by atoms with E-state index in [1.54, 1.807) is 30.3 Å². The molecule has 1 unspecified atom stereocenters. The molecule has 3 aliphatic rings. The lowest BCUT2D eigenvalue weighted by atomic mass is 9.91. The van der Waals surface area contributed by atoms with Crippen LogP contribution in [-0.4, -0.2) is 48.2 Å². The maximum Gasteiger partial charge on any atom is 0.417 e. The highest BCUT2D eigenvalue weighted by molar-refractivity contribution is 5.75. The minimum Gasteiger partial charge on any atom is -0.492 e. The van der Waals surface area contributed by atoms with Crippen molar-refractivity contribution in [3.05, 3.63) is 76.6 Å². The van der Waals surface area contributed by atoms with Crippen molar-refractivity contribution < 1.29 is 51.5 Å². The van der Waals surface area contributed by atoms with Crippen molar-refractivity contribution in [1.82, 2.24) is 0 Å². The first-order valence-corrected chi connectivity index (χ1v) is 14.1. The molecule has 1 saturated heterocycles. The SMILES string of the molecule is O=C(O)CC1COc2cc(O[C@@H]3CCc4c(-c5ccc(OCC6(O)CCOCC6)cc5)c(C(F)(F)F)cc(F)c43)ccc21. The third kappa shape index (κ3) is 6.01. The quantitative estimate of drug-likeness (QED) is 0.286. The van der Waals surface area contributed by atoms with Crippen molar-refractivity contribution in [3.63, 3.8) is 0 Å². The highest BCUT2D eigenvalue weighted by Gasteiger charge is 2.40. The number of carboxylic acid groups (broad SMARTS) is 1. The molecule has 0 spiro atoms. The van der Waals surface area contributed by atoms with E-state index in [4.69, 9.17) is 24.1 Å². The molecule has 0 aromatic heterocycles. The van der Waals surface area contributed by atoms with Crippen molar-refractivity contribution in [2.45, 2.75) is 55.9 Å². The van der Waals surface area contributed by atoms with Gasteiger partial charge in [0, 0.05) is 49.2 Å². The van der Waals surface area contributed by atoms with Crippen LogP contribution in [0.4, 0.5) is 17.6 Å². The predicted octanol–water partition coefficient (Wildman–Crippen LogP) is 6.45. The lowest BCUT2D eigenvalue weighted by Gasteiger charge is -2.31. The Balaban J connectivity index is 1.27. The minimum absolute atomic E-state index is 0.0302. The molecule has 2 aliphatic heterocycles. The number of ether oxygens (including phenoxy) is 4. The normalized spacial score (nSPS) is 20.7. The molecular formula is C32H30F4O7. The minimum atomic E-state index is -4.80. The van der Waals surface area contributed by atoms with Gasteiger partial charge < -0.3 is 29.2 Å². The molecule has 0 saturated carbocycles. The smallest absolute Gasteiger partial charge is 0.417 e. The van der Waals surface area contributed by atoms with E-state index in [0.29, 0.717) is 49.4 Å². The number of aliphatic hydroxyl groups is 1. The van der Waals surface area contributed by atoms with E-state index in [2.05, 4.69) is 0 Å². The molecule has 2 heterocycles. The number of rotatable bonds is 8. The van der Waals surface area contributed by atoms with Gasteiger partial charge in [-0.15, -0.1) is 0 Å². The topological polar surface area (TPSA) is 94.5 Å². The molecule has 7 nitrogen and oxygen atoms in total. The highest BCUT2D eigenvalue weighted by atomic mass is 19.4. The molecule has 0 bridgehead atoms. The van der Waals surface area contributed by atoms with Crippen LogP contribution in [-0.2, 0) is 22.1 Å². The summed E-state index contributed by atoms with van der Waals surface area (Å²) in [6.45, 7) is 1.09. The number of carboxylic acids is 1. The lowest BCUT2D eigenvalue weighted by Crippen LogP contribution is -2.41. The summed E-state index contributed by atoms with van der Waals surface area (Å²) in [5.41, 5.74) is -0.880. The lowest BCUT2D eigenvalue weighted by molar-refractivity contribution is -0.138. The summed E-state index contributed by atoms with van der Waals surface area (Å²) in [7, 11) is 0. The van der Waals surface area contributed by atoms with Gasteiger partial charge in [-0.1, -0.05) is 18.2 Å². The predicted molar refractivity (Wildman–Crippen MR) is 146 cm³/mol. The van der Waals surface area contributed by atoms with Gasteiger partial charge in [-0.05, 0) is 53.8 Å². The fourth-order valence-corrected chi connectivity index (χ4v) is 6.12. The van der Waals surface area contributed by atoms with Crippen LogP contribution < -0.4 is 14.2 Å². The molecule has 6 rings (SSSR count). The Morgan fingerprint density at radius 3 is 2.47 bits per heavy atom. The molecule has 2 atom stereocenters. The van der Waals surface area contributed by atoms with E-state index < -0.39 is 35.2 Å². The fourth-order valence-electron chi connectivity index (χ4n) is 6.12. The van der Waals surface area contributed by atoms with Crippen molar-refractivity contribution in [2.75, 3.05) is 26.4 Å². The molecule has 2 N–H and O–H groups in total. The molecule has 0 amide bonds. The van der Waals surface area contributed by atoms with Crippen molar-refractivity contribution in [1.29, 1.82) is 0 Å². The van der Waals surface area contributed by atoms with Gasteiger partial charge in [-0.25, -0.2) is 4.39 Å². The molecule has 0 radical (unpaired) electrons. The van der Waals surface area contributed by atoms with Crippen LogP contribution >= 0.6 is 0 Å². The maximum absolute atomic E-state index is 15.4. The molecule has 43 heavy (non-hydrogen) atoms. The van der Waals surface area contributed by atoms with Crippen LogP contribution in [0.5, 0.6) is 17.2 Å². The van der Waals surface area contributed by atoms with Crippen LogP contribution in [0, 0.1) is 5.82 Å². The molecule has 1 aliphatic carbocycles. The van der Waals surface area contributed by atoms with Crippen molar-refractivity contribution in [2.24, 2.45) is 0 Å². The van der Waals surface area contributed by atoms with Gasteiger partial charge in [0.15, 0.2) is 0 Å². The Kier molecular flexibility index (Phi) is 7.72. The second-order valence-corrected chi connectivity index (χ2v) is 11.3. The number of carbonyl (C=O) groups is 1. The number of aliphatic carboxylic acids is 1. The summed E-state index contributed by atoms with van der Waals surface area (Å²) in [5, 5.41) is 19.8. The average molecular weight is 603 g/mol. The van der Waals surface area contributed by atoms with E-state index in [9.17, 15) is 23.1 Å². The summed E-state index contributed by atoms with van der Waals surface area (Å²) in [6, 6.07) is 11.6. The zero-order chi connectivity index (χ0) is 30.4. The molecule has 3 aromatic rings. The van der Waals surface area contributed by atoms with E-state index in [1.807, 2.05) is 0 Å². The fraction of sp³-hybridized carbons (Fsp3) is 0.406. The molecule has 228 valence electrons. The van der Waals surface area contributed by atoms with Crippen LogP contribution in [0.1, 0.15) is 60.0 Å². The third-order valence-corrected chi connectivity index (χ3v) is 8.35. The molecule has 3 aromatic carbocycles. The van der Waals surface area contributed by atoms with Gasteiger partial charge in [0.05, 0.1) is 18.6 Å². The average Bonchev–Trinajstić information content (AvgIpc) is 3.56. The van der Waals surface area contributed by atoms with Gasteiger partial charge in [0.25, 0.3) is 0 Å². The zero-order valence-electron chi connectivity index (χ0n) is 23.1. The number of fused-ring (bicyclic) bond motifs is 2. The number of benzene rings is 3. The summed E-state index contributed by atoms with van der Waals surface area (Å²) in [5.74, 6) is -1.01. The molecular weight excluding hydrogens is 572 g/mol. The second kappa shape index (κ2) is 11.3. The Hall–Kier alpha value is -3.83. The number of hydrogen-bond donors (Lipinski definition) is 2. The first-order chi connectivity index (χ1) is 20.5. The summed E-state index contributed by atoms with van der Waals surface area (Å²) in [6.07, 6.45) is -4.41.